The van der Waals surface area contributed by atoms with E-state index in [2.05, 4.69) is 4.90 Å². The smallest absolute Gasteiger partial charge is 0.153 e. The molecule has 0 bridgehead atoms. The molecule has 1 aliphatic rings. The second-order valence-corrected chi connectivity index (χ2v) is 7.90. The molecule has 1 fully saturated rings. The van der Waals surface area contributed by atoms with Gasteiger partial charge in [0.2, 0.25) is 0 Å². The lowest BCUT2D eigenvalue weighted by Crippen LogP contribution is -2.40. The Labute approximate surface area is 144 Å². The zero-order valence-electron chi connectivity index (χ0n) is 13.5. The zero-order valence-corrected chi connectivity index (χ0v) is 14.3. The molecule has 2 nitrogen and oxygen atoms in total. The molecule has 1 unspecified atom stereocenters. The zero-order chi connectivity index (χ0) is 16.9. The molecule has 1 saturated heterocycles. The summed E-state index contributed by atoms with van der Waals surface area (Å²) < 4.78 is 38.4. The molecule has 0 aromatic heterocycles. The van der Waals surface area contributed by atoms with Crippen molar-refractivity contribution >= 4 is 11.2 Å². The minimum absolute atomic E-state index is 0.137. The van der Waals surface area contributed by atoms with Crippen molar-refractivity contribution < 1.29 is 13.3 Å². The Morgan fingerprint density at radius 2 is 1.46 bits per heavy atom. The highest BCUT2D eigenvalue weighted by Gasteiger charge is 2.29. The quantitative estimate of drug-likeness (QED) is 0.768. The third-order valence-corrected chi connectivity index (χ3v) is 6.33. The van der Waals surface area contributed by atoms with Gasteiger partial charge >= 0.3 is 0 Å². The van der Waals surface area contributed by atoms with E-state index in [9.17, 15) is 13.3 Å². The van der Waals surface area contributed by atoms with Gasteiger partial charge in [0.1, 0.15) is 16.9 Å². The van der Waals surface area contributed by atoms with Crippen LogP contribution in [0.5, 0.6) is 0 Å². The van der Waals surface area contributed by atoms with Crippen molar-refractivity contribution in [1.29, 1.82) is 0 Å². The summed E-state index contributed by atoms with van der Waals surface area (Å²) in [4.78, 5) is 3.07. The van der Waals surface area contributed by atoms with E-state index in [-0.39, 0.29) is 16.9 Å². The standard InChI is InChI=1S/C19H21F2NOS/c20-16-3-1-15(2-4-16)9-12-22-13-10-19(11-14-22)24(23)18-7-5-17(21)6-8-18/h1-8,19H,9-14H2. The number of hydrogen-bond donors (Lipinski definition) is 0. The molecule has 128 valence electrons. The van der Waals surface area contributed by atoms with Crippen LogP contribution in [0.1, 0.15) is 18.4 Å². The molecule has 2 aromatic rings. The van der Waals surface area contributed by atoms with Crippen LogP contribution >= 0.6 is 0 Å². The van der Waals surface area contributed by atoms with Gasteiger partial charge in [-0.05, 0) is 59.6 Å². The van der Waals surface area contributed by atoms with E-state index in [4.69, 9.17) is 0 Å². The van der Waals surface area contributed by atoms with Crippen LogP contribution in [0.4, 0.5) is 8.78 Å². The van der Waals surface area contributed by atoms with Crippen molar-refractivity contribution in [3.8, 4) is 0 Å². The van der Waals surface area contributed by atoms with Crippen LogP contribution < -0.4 is 0 Å². The van der Waals surface area contributed by atoms with E-state index in [1.807, 2.05) is 12.1 Å². The number of piperidine rings is 1. The van der Waals surface area contributed by atoms with Crippen LogP contribution in [0, 0.1) is 11.6 Å². The minimum atomic E-state index is -1.07. The number of rotatable bonds is 5. The van der Waals surface area contributed by atoms with Gasteiger partial charge in [-0.3, -0.25) is 0 Å². The monoisotopic (exact) mass is 349 g/mol. The highest BCUT2D eigenvalue weighted by atomic mass is 32.2. The fourth-order valence-electron chi connectivity index (χ4n) is 3.05. The molecule has 0 radical (unpaired) electrons. The van der Waals surface area contributed by atoms with Crippen LogP contribution in [-0.2, 0) is 17.6 Å². The maximum atomic E-state index is 13.0. The molecule has 2 aromatic carbocycles. The lowest BCUT2D eigenvalue weighted by atomic mass is 10.1. The molecule has 1 aliphatic heterocycles. The molecule has 0 amide bonds. The van der Waals surface area contributed by atoms with Gasteiger partial charge in [0, 0.05) is 32.5 Å². The fourth-order valence-corrected chi connectivity index (χ4v) is 4.47. The molecule has 1 atom stereocenters. The van der Waals surface area contributed by atoms with Gasteiger partial charge in [-0.2, -0.15) is 0 Å². The fraction of sp³-hybridized carbons (Fsp3) is 0.368. The van der Waals surface area contributed by atoms with Gasteiger partial charge in [0.25, 0.3) is 0 Å². The molecular weight excluding hydrogens is 328 g/mol. The van der Waals surface area contributed by atoms with E-state index in [0.717, 1.165) is 44.5 Å². The normalized spacial score (nSPS) is 17.8. The summed E-state index contributed by atoms with van der Waals surface area (Å²) in [6, 6.07) is 12.6. The van der Waals surface area contributed by atoms with Crippen molar-refractivity contribution in [1.82, 2.24) is 4.90 Å². The first-order chi connectivity index (χ1) is 11.6. The second kappa shape index (κ2) is 8.10. The third kappa shape index (κ3) is 4.56. The minimum Gasteiger partial charge on any atom is -0.611 e. The van der Waals surface area contributed by atoms with Crippen molar-refractivity contribution in [3.05, 3.63) is 65.7 Å². The first-order valence-corrected chi connectivity index (χ1v) is 9.46. The first-order valence-electron chi connectivity index (χ1n) is 8.25. The SMILES string of the molecule is [O-][S+](c1ccc(F)cc1)C1CCN(CCc2ccc(F)cc2)CC1. The van der Waals surface area contributed by atoms with Crippen LogP contribution in [0.15, 0.2) is 53.4 Å². The topological polar surface area (TPSA) is 26.3 Å². The van der Waals surface area contributed by atoms with Crippen molar-refractivity contribution in [2.45, 2.75) is 29.4 Å². The summed E-state index contributed by atoms with van der Waals surface area (Å²) in [5, 5.41) is 0.137. The summed E-state index contributed by atoms with van der Waals surface area (Å²) >= 11 is -1.07. The van der Waals surface area contributed by atoms with Crippen LogP contribution in [0.25, 0.3) is 0 Å². The average molecular weight is 349 g/mol. The van der Waals surface area contributed by atoms with Crippen LogP contribution in [0.3, 0.4) is 0 Å². The van der Waals surface area contributed by atoms with Crippen LogP contribution in [0.2, 0.25) is 0 Å². The predicted molar refractivity (Wildman–Crippen MR) is 92.4 cm³/mol. The van der Waals surface area contributed by atoms with Gasteiger partial charge in [0.15, 0.2) is 4.90 Å². The summed E-state index contributed by atoms with van der Waals surface area (Å²) in [7, 11) is 0. The molecule has 24 heavy (non-hydrogen) atoms. The molecule has 1 heterocycles. The van der Waals surface area contributed by atoms with Crippen molar-refractivity contribution in [2.75, 3.05) is 19.6 Å². The second-order valence-electron chi connectivity index (χ2n) is 6.17. The summed E-state index contributed by atoms with van der Waals surface area (Å²) in [5.41, 5.74) is 1.13. The Kier molecular flexibility index (Phi) is 5.87. The van der Waals surface area contributed by atoms with Gasteiger partial charge in [-0.1, -0.05) is 12.1 Å². The first kappa shape index (κ1) is 17.4. The Hall–Kier alpha value is -1.43. The Balaban J connectivity index is 1.46. The van der Waals surface area contributed by atoms with E-state index < -0.39 is 11.2 Å². The molecule has 0 N–H and O–H groups in total. The van der Waals surface area contributed by atoms with Gasteiger partial charge < -0.3 is 9.45 Å². The number of hydrogen-bond acceptors (Lipinski definition) is 2. The Morgan fingerprint density at radius 1 is 0.917 bits per heavy atom. The number of benzene rings is 2. The molecule has 5 heteroatoms. The molecule has 0 saturated carbocycles. The van der Waals surface area contributed by atoms with E-state index in [1.54, 1.807) is 12.1 Å². The number of halogens is 2. The highest BCUT2D eigenvalue weighted by Crippen LogP contribution is 2.24. The van der Waals surface area contributed by atoms with E-state index >= 15 is 0 Å². The highest BCUT2D eigenvalue weighted by molar-refractivity contribution is 7.92. The predicted octanol–water partition coefficient (Wildman–Crippen LogP) is 3.78. The number of nitrogens with zero attached hydrogens (tertiary/aromatic N) is 1. The summed E-state index contributed by atoms with van der Waals surface area (Å²) in [6.07, 6.45) is 2.66. The van der Waals surface area contributed by atoms with Crippen molar-refractivity contribution in [2.24, 2.45) is 0 Å². The summed E-state index contributed by atoms with van der Waals surface area (Å²) in [6.45, 7) is 2.76. The largest absolute Gasteiger partial charge is 0.611 e. The maximum absolute atomic E-state index is 13.0. The molecular formula is C19H21F2NOS. The van der Waals surface area contributed by atoms with E-state index in [0.29, 0.717) is 4.90 Å². The number of likely N-dealkylation sites (tertiary alicyclic amines) is 1. The van der Waals surface area contributed by atoms with Gasteiger partial charge in [-0.15, -0.1) is 0 Å². The molecule has 3 rings (SSSR count). The molecule has 0 aliphatic carbocycles. The van der Waals surface area contributed by atoms with Gasteiger partial charge in [-0.25, -0.2) is 8.78 Å². The van der Waals surface area contributed by atoms with Crippen LogP contribution in [-0.4, -0.2) is 34.3 Å². The third-order valence-electron chi connectivity index (χ3n) is 4.51. The lowest BCUT2D eigenvalue weighted by Gasteiger charge is -2.32. The lowest BCUT2D eigenvalue weighted by molar-refractivity contribution is 0.232. The Morgan fingerprint density at radius 3 is 2.04 bits per heavy atom. The summed E-state index contributed by atoms with van der Waals surface area (Å²) in [5.74, 6) is -0.505. The maximum Gasteiger partial charge on any atom is 0.153 e. The Bertz CT molecular complexity index is 639. The van der Waals surface area contributed by atoms with E-state index in [1.165, 1.54) is 24.3 Å². The molecule has 0 spiro atoms. The average Bonchev–Trinajstić information content (AvgIpc) is 2.62. The van der Waals surface area contributed by atoms with Gasteiger partial charge in [0.05, 0.1) is 0 Å². The van der Waals surface area contributed by atoms with Crippen molar-refractivity contribution in [3.63, 3.8) is 0 Å².